The SMILES string of the molecule is CN(C(=O)[C@H]1CCN1)C1(C)CCNC1.Cl. The van der Waals surface area contributed by atoms with Crippen molar-refractivity contribution < 1.29 is 4.79 Å². The summed E-state index contributed by atoms with van der Waals surface area (Å²) in [6, 6.07) is 0.0809. The zero-order valence-corrected chi connectivity index (χ0v) is 10.2. The Morgan fingerprint density at radius 2 is 2.13 bits per heavy atom. The smallest absolute Gasteiger partial charge is 0.239 e. The molecule has 2 heterocycles. The number of nitrogens with one attached hydrogen (secondary N) is 2. The van der Waals surface area contributed by atoms with Crippen molar-refractivity contribution in [2.24, 2.45) is 0 Å². The van der Waals surface area contributed by atoms with Gasteiger partial charge in [-0.05, 0) is 32.9 Å². The minimum atomic E-state index is 0. The molecular formula is C10H20ClN3O. The number of hydrogen-bond acceptors (Lipinski definition) is 3. The Morgan fingerprint density at radius 1 is 1.47 bits per heavy atom. The summed E-state index contributed by atoms with van der Waals surface area (Å²) < 4.78 is 0. The first-order valence-electron chi connectivity index (χ1n) is 5.35. The van der Waals surface area contributed by atoms with E-state index in [9.17, 15) is 4.79 Å². The van der Waals surface area contributed by atoms with Crippen LogP contribution in [0, 0.1) is 0 Å². The lowest BCUT2D eigenvalue weighted by molar-refractivity contribution is -0.138. The van der Waals surface area contributed by atoms with Crippen LogP contribution in [0.3, 0.4) is 0 Å². The Kier molecular flexibility index (Phi) is 3.98. The number of likely N-dealkylation sites (N-methyl/N-ethyl adjacent to an activating group) is 1. The molecule has 2 aliphatic heterocycles. The molecule has 0 aromatic rings. The Hall–Kier alpha value is -0.320. The third-order valence-electron chi connectivity index (χ3n) is 3.61. The Bertz CT molecular complexity index is 237. The van der Waals surface area contributed by atoms with E-state index in [0.29, 0.717) is 0 Å². The van der Waals surface area contributed by atoms with E-state index in [-0.39, 0.29) is 29.9 Å². The van der Waals surface area contributed by atoms with Crippen LogP contribution >= 0.6 is 12.4 Å². The van der Waals surface area contributed by atoms with E-state index in [1.165, 1.54) is 0 Å². The summed E-state index contributed by atoms with van der Waals surface area (Å²) in [5.41, 5.74) is 0.0222. The Balaban J connectivity index is 0.00000112. The van der Waals surface area contributed by atoms with E-state index in [4.69, 9.17) is 0 Å². The molecule has 15 heavy (non-hydrogen) atoms. The molecule has 2 atom stereocenters. The van der Waals surface area contributed by atoms with Crippen LogP contribution < -0.4 is 10.6 Å². The van der Waals surface area contributed by atoms with Gasteiger partial charge in [-0.15, -0.1) is 12.4 Å². The van der Waals surface area contributed by atoms with Crippen LogP contribution in [-0.4, -0.2) is 49.1 Å². The van der Waals surface area contributed by atoms with Gasteiger partial charge in [-0.25, -0.2) is 0 Å². The minimum Gasteiger partial charge on any atom is -0.338 e. The summed E-state index contributed by atoms with van der Waals surface area (Å²) in [5.74, 6) is 0.252. The van der Waals surface area contributed by atoms with Gasteiger partial charge in [0.25, 0.3) is 0 Å². The first-order chi connectivity index (χ1) is 6.63. The van der Waals surface area contributed by atoms with Crippen molar-refractivity contribution in [1.29, 1.82) is 0 Å². The van der Waals surface area contributed by atoms with E-state index >= 15 is 0 Å². The molecule has 88 valence electrons. The van der Waals surface area contributed by atoms with Gasteiger partial charge in [-0.2, -0.15) is 0 Å². The van der Waals surface area contributed by atoms with Gasteiger partial charge in [-0.3, -0.25) is 4.79 Å². The molecule has 2 fully saturated rings. The first kappa shape index (κ1) is 12.7. The monoisotopic (exact) mass is 233 g/mol. The quantitative estimate of drug-likeness (QED) is 0.705. The van der Waals surface area contributed by atoms with Crippen LogP contribution in [0.2, 0.25) is 0 Å². The predicted octanol–water partition coefficient (Wildman–Crippen LogP) is -0.0195. The van der Waals surface area contributed by atoms with Crippen LogP contribution in [0.15, 0.2) is 0 Å². The topological polar surface area (TPSA) is 44.4 Å². The standard InChI is InChI=1S/C10H19N3O.ClH/c1-10(4-6-11-7-10)13(2)9(14)8-3-5-12-8;/h8,11-12H,3-7H2,1-2H3;1H/t8-,10?;/m1./s1. The largest absolute Gasteiger partial charge is 0.338 e. The summed E-state index contributed by atoms with van der Waals surface area (Å²) >= 11 is 0. The normalized spacial score (nSPS) is 34.1. The second-order valence-electron chi connectivity index (χ2n) is 4.62. The highest BCUT2D eigenvalue weighted by Crippen LogP contribution is 2.22. The van der Waals surface area contributed by atoms with Crippen molar-refractivity contribution in [2.75, 3.05) is 26.7 Å². The Labute approximate surface area is 97.2 Å². The summed E-state index contributed by atoms with van der Waals surface area (Å²) in [5, 5.41) is 6.46. The van der Waals surface area contributed by atoms with Crippen molar-refractivity contribution in [1.82, 2.24) is 15.5 Å². The zero-order chi connectivity index (χ0) is 10.2. The van der Waals surface area contributed by atoms with Gasteiger partial charge >= 0.3 is 0 Å². The number of hydrogen-bond donors (Lipinski definition) is 2. The molecule has 4 nitrogen and oxygen atoms in total. The molecule has 0 spiro atoms. The van der Waals surface area contributed by atoms with E-state index in [1.807, 2.05) is 11.9 Å². The molecule has 0 radical (unpaired) electrons. The summed E-state index contributed by atoms with van der Waals surface area (Å²) in [4.78, 5) is 13.9. The van der Waals surface area contributed by atoms with Crippen LogP contribution in [0.1, 0.15) is 19.8 Å². The lowest BCUT2D eigenvalue weighted by Crippen LogP contribution is -2.59. The molecule has 0 aliphatic carbocycles. The number of nitrogens with zero attached hydrogens (tertiary/aromatic N) is 1. The van der Waals surface area contributed by atoms with E-state index in [2.05, 4.69) is 17.6 Å². The third kappa shape index (κ3) is 2.27. The molecule has 0 saturated carbocycles. The van der Waals surface area contributed by atoms with E-state index in [0.717, 1.165) is 32.5 Å². The molecule has 1 unspecified atom stereocenters. The number of amides is 1. The minimum absolute atomic E-state index is 0. The van der Waals surface area contributed by atoms with Gasteiger partial charge in [0.15, 0.2) is 0 Å². The van der Waals surface area contributed by atoms with Gasteiger partial charge in [0.1, 0.15) is 0 Å². The first-order valence-corrected chi connectivity index (χ1v) is 5.35. The molecule has 2 saturated heterocycles. The second kappa shape index (κ2) is 4.68. The fraction of sp³-hybridized carbons (Fsp3) is 0.900. The lowest BCUT2D eigenvalue weighted by atomic mass is 9.96. The van der Waals surface area contributed by atoms with Gasteiger partial charge in [0.2, 0.25) is 5.91 Å². The van der Waals surface area contributed by atoms with Crippen LogP contribution in [-0.2, 0) is 4.79 Å². The van der Waals surface area contributed by atoms with Crippen molar-refractivity contribution >= 4 is 18.3 Å². The van der Waals surface area contributed by atoms with Gasteiger partial charge in [0.05, 0.1) is 11.6 Å². The molecule has 2 N–H and O–H groups in total. The number of rotatable bonds is 2. The fourth-order valence-corrected chi connectivity index (χ4v) is 2.09. The zero-order valence-electron chi connectivity index (χ0n) is 9.38. The van der Waals surface area contributed by atoms with E-state index in [1.54, 1.807) is 0 Å². The summed E-state index contributed by atoms with van der Waals surface area (Å²) in [6.07, 6.45) is 2.05. The average molecular weight is 234 g/mol. The molecule has 0 aromatic carbocycles. The second-order valence-corrected chi connectivity index (χ2v) is 4.62. The molecule has 1 amide bonds. The number of carbonyl (C=O) groups is 1. The maximum Gasteiger partial charge on any atom is 0.239 e. The fourth-order valence-electron chi connectivity index (χ4n) is 2.09. The molecule has 2 rings (SSSR count). The van der Waals surface area contributed by atoms with Gasteiger partial charge < -0.3 is 15.5 Å². The highest BCUT2D eigenvalue weighted by Gasteiger charge is 2.39. The molecule has 0 aromatic heterocycles. The summed E-state index contributed by atoms with van der Waals surface area (Å²) in [7, 11) is 1.93. The predicted molar refractivity (Wildman–Crippen MR) is 62.3 cm³/mol. The average Bonchev–Trinajstić information content (AvgIpc) is 2.49. The Morgan fingerprint density at radius 3 is 2.53 bits per heavy atom. The number of halogens is 1. The van der Waals surface area contributed by atoms with E-state index < -0.39 is 0 Å². The highest BCUT2D eigenvalue weighted by molar-refractivity contribution is 5.85. The van der Waals surface area contributed by atoms with Crippen molar-refractivity contribution in [3.8, 4) is 0 Å². The third-order valence-corrected chi connectivity index (χ3v) is 3.61. The maximum absolute atomic E-state index is 12.0. The van der Waals surface area contributed by atoms with Crippen molar-refractivity contribution in [3.05, 3.63) is 0 Å². The number of carbonyl (C=O) groups excluding carboxylic acids is 1. The van der Waals surface area contributed by atoms with Crippen molar-refractivity contribution in [2.45, 2.75) is 31.3 Å². The molecule has 5 heteroatoms. The lowest BCUT2D eigenvalue weighted by Gasteiger charge is -2.39. The van der Waals surface area contributed by atoms with Crippen LogP contribution in [0.5, 0.6) is 0 Å². The molecule has 2 aliphatic rings. The van der Waals surface area contributed by atoms with Crippen LogP contribution in [0.25, 0.3) is 0 Å². The highest BCUT2D eigenvalue weighted by atomic mass is 35.5. The van der Waals surface area contributed by atoms with Gasteiger partial charge in [-0.1, -0.05) is 0 Å². The molecule has 0 bridgehead atoms. The summed E-state index contributed by atoms with van der Waals surface area (Å²) in [6.45, 7) is 5.08. The maximum atomic E-state index is 12.0. The van der Waals surface area contributed by atoms with Crippen LogP contribution in [0.4, 0.5) is 0 Å². The molecular weight excluding hydrogens is 214 g/mol. The van der Waals surface area contributed by atoms with Gasteiger partial charge in [0, 0.05) is 13.6 Å². The van der Waals surface area contributed by atoms with Crippen molar-refractivity contribution in [3.63, 3.8) is 0 Å².